The summed E-state index contributed by atoms with van der Waals surface area (Å²) >= 11 is 0. The Morgan fingerprint density at radius 2 is 1.32 bits per heavy atom. The second kappa shape index (κ2) is 8.46. The van der Waals surface area contributed by atoms with Gasteiger partial charge in [0.05, 0.1) is 11.4 Å². The molecule has 0 amide bonds. The van der Waals surface area contributed by atoms with Gasteiger partial charge in [0, 0.05) is 16.7 Å². The molecule has 2 heteroatoms. The van der Waals surface area contributed by atoms with Crippen LogP contribution >= 0.6 is 0 Å². The zero-order valence-corrected chi connectivity index (χ0v) is 20.2. The van der Waals surface area contributed by atoms with E-state index in [-0.39, 0.29) is 5.41 Å². The van der Waals surface area contributed by atoms with E-state index in [1.54, 1.807) is 0 Å². The first-order valence-corrected chi connectivity index (χ1v) is 12.0. The number of carbonyl (C=O) groups is 1. The summed E-state index contributed by atoms with van der Waals surface area (Å²) < 4.78 is 0. The van der Waals surface area contributed by atoms with Crippen LogP contribution in [0.2, 0.25) is 0 Å². The smallest absolute Gasteiger partial charge is 0.150 e. The van der Waals surface area contributed by atoms with Gasteiger partial charge in [-0.2, -0.15) is 0 Å². The summed E-state index contributed by atoms with van der Waals surface area (Å²) in [6, 6.07) is 34.2. The third kappa shape index (κ3) is 3.30. The molecule has 5 aromatic rings. The lowest BCUT2D eigenvalue weighted by atomic mass is 9.71. The van der Waals surface area contributed by atoms with Crippen molar-refractivity contribution in [2.24, 2.45) is 0 Å². The van der Waals surface area contributed by atoms with E-state index in [0.717, 1.165) is 17.7 Å². The number of hydrogen-bond acceptors (Lipinski definition) is 2. The molecule has 0 saturated heterocycles. The van der Waals surface area contributed by atoms with Crippen molar-refractivity contribution in [1.82, 2.24) is 0 Å². The lowest BCUT2D eigenvalue weighted by Crippen LogP contribution is -2.31. The quantitative estimate of drug-likeness (QED) is 0.254. The molecule has 0 radical (unpaired) electrons. The Morgan fingerprint density at radius 1 is 0.676 bits per heavy atom. The Bertz CT molecular complexity index is 1530. The lowest BCUT2D eigenvalue weighted by molar-refractivity contribution is 0.112. The molecule has 1 heterocycles. The SMILES string of the molecule is CC.CC1(C)c2cc(C=O)ccc2N(c2ccc3ccccc3c2)c2ccc3ccccc3c21. The Kier molecular flexibility index (Phi) is 5.45. The molecule has 0 unspecified atom stereocenters. The summed E-state index contributed by atoms with van der Waals surface area (Å²) in [7, 11) is 0. The highest BCUT2D eigenvalue weighted by atomic mass is 16.1. The molecule has 0 N–H and O–H groups in total. The largest absolute Gasteiger partial charge is 0.310 e. The Hall–Kier alpha value is -3.91. The van der Waals surface area contributed by atoms with Crippen molar-refractivity contribution < 1.29 is 4.79 Å². The van der Waals surface area contributed by atoms with Crippen molar-refractivity contribution in [2.75, 3.05) is 4.90 Å². The van der Waals surface area contributed by atoms with Crippen LogP contribution in [0.15, 0.2) is 97.1 Å². The van der Waals surface area contributed by atoms with Crippen LogP contribution in [0.1, 0.15) is 49.2 Å². The third-order valence-corrected chi connectivity index (χ3v) is 6.84. The van der Waals surface area contributed by atoms with Gasteiger partial charge in [-0.25, -0.2) is 0 Å². The van der Waals surface area contributed by atoms with Gasteiger partial charge in [-0.15, -0.1) is 0 Å². The van der Waals surface area contributed by atoms with Crippen molar-refractivity contribution >= 4 is 44.9 Å². The van der Waals surface area contributed by atoms with Gasteiger partial charge in [0.2, 0.25) is 0 Å². The number of nitrogens with zero attached hydrogens (tertiary/aromatic N) is 1. The number of rotatable bonds is 2. The predicted molar refractivity (Wildman–Crippen MR) is 145 cm³/mol. The highest BCUT2D eigenvalue weighted by Crippen LogP contribution is 2.54. The molecule has 0 fully saturated rings. The molecule has 5 aromatic carbocycles. The topological polar surface area (TPSA) is 20.3 Å². The van der Waals surface area contributed by atoms with Crippen LogP contribution in [0, 0.1) is 0 Å². The molecular formula is C32H29NO. The molecule has 168 valence electrons. The number of aldehydes is 1. The second-order valence-electron chi connectivity index (χ2n) is 9.07. The van der Waals surface area contributed by atoms with Crippen molar-refractivity contribution in [3.63, 3.8) is 0 Å². The van der Waals surface area contributed by atoms with Gasteiger partial charge in [-0.05, 0) is 69.1 Å². The number of anilines is 3. The maximum Gasteiger partial charge on any atom is 0.150 e. The first-order valence-electron chi connectivity index (χ1n) is 12.0. The Labute approximate surface area is 201 Å². The molecular weight excluding hydrogens is 414 g/mol. The van der Waals surface area contributed by atoms with Crippen LogP contribution in [-0.2, 0) is 5.41 Å². The Balaban J connectivity index is 0.00000117. The summed E-state index contributed by atoms with van der Waals surface area (Å²) in [5.74, 6) is 0. The van der Waals surface area contributed by atoms with Gasteiger partial charge in [-0.1, -0.05) is 88.4 Å². The summed E-state index contributed by atoms with van der Waals surface area (Å²) in [5.41, 5.74) is 6.35. The van der Waals surface area contributed by atoms with Crippen molar-refractivity contribution in [2.45, 2.75) is 33.1 Å². The summed E-state index contributed by atoms with van der Waals surface area (Å²) in [4.78, 5) is 14.0. The minimum atomic E-state index is -0.252. The van der Waals surface area contributed by atoms with Gasteiger partial charge in [0.15, 0.2) is 0 Å². The van der Waals surface area contributed by atoms with Gasteiger partial charge in [-0.3, -0.25) is 4.79 Å². The van der Waals surface area contributed by atoms with Crippen LogP contribution in [0.3, 0.4) is 0 Å². The van der Waals surface area contributed by atoms with E-state index in [1.807, 2.05) is 19.9 Å². The first-order chi connectivity index (χ1) is 16.6. The third-order valence-electron chi connectivity index (χ3n) is 6.84. The van der Waals surface area contributed by atoms with Crippen LogP contribution in [0.5, 0.6) is 0 Å². The molecule has 0 bridgehead atoms. The zero-order chi connectivity index (χ0) is 23.9. The molecule has 34 heavy (non-hydrogen) atoms. The van der Waals surface area contributed by atoms with E-state index in [0.29, 0.717) is 5.56 Å². The molecule has 1 aliphatic heterocycles. The lowest BCUT2D eigenvalue weighted by Gasteiger charge is -2.43. The Morgan fingerprint density at radius 3 is 2.09 bits per heavy atom. The second-order valence-corrected chi connectivity index (χ2v) is 9.07. The average Bonchev–Trinajstić information content (AvgIpc) is 2.89. The molecule has 0 spiro atoms. The minimum Gasteiger partial charge on any atom is -0.310 e. The number of hydrogen-bond donors (Lipinski definition) is 0. The fraction of sp³-hybridized carbons (Fsp3) is 0.156. The molecule has 0 saturated carbocycles. The van der Waals surface area contributed by atoms with E-state index in [9.17, 15) is 4.79 Å². The van der Waals surface area contributed by atoms with Crippen LogP contribution < -0.4 is 4.90 Å². The normalized spacial score (nSPS) is 13.6. The summed E-state index contributed by atoms with van der Waals surface area (Å²) in [6.07, 6.45) is 0.940. The van der Waals surface area contributed by atoms with E-state index in [4.69, 9.17) is 0 Å². The van der Waals surface area contributed by atoms with Gasteiger partial charge < -0.3 is 4.90 Å². The van der Waals surface area contributed by atoms with Gasteiger partial charge in [0.1, 0.15) is 6.29 Å². The van der Waals surface area contributed by atoms with E-state index in [2.05, 4.69) is 110 Å². The number of carbonyl (C=O) groups excluding carboxylic acids is 1. The number of fused-ring (bicyclic) bond motifs is 5. The molecule has 1 aliphatic rings. The van der Waals surface area contributed by atoms with Crippen LogP contribution in [-0.4, -0.2) is 6.29 Å². The standard InChI is InChI=1S/C30H23NO.C2H6/c1-30(2)26-17-20(19-32)11-15-27(26)31(24-14-12-21-7-3-4-9-23(21)18-24)28-16-13-22-8-5-6-10-25(22)29(28)30;1-2/h3-19H,1-2H3;1-2H3. The minimum absolute atomic E-state index is 0.252. The first kappa shape index (κ1) is 21.9. The monoisotopic (exact) mass is 443 g/mol. The molecule has 0 aromatic heterocycles. The van der Waals surface area contributed by atoms with Crippen LogP contribution in [0.4, 0.5) is 17.1 Å². The fourth-order valence-electron chi connectivity index (χ4n) is 5.28. The molecule has 0 atom stereocenters. The maximum absolute atomic E-state index is 11.6. The maximum atomic E-state index is 11.6. The van der Waals surface area contributed by atoms with Crippen molar-refractivity contribution in [1.29, 1.82) is 0 Å². The summed E-state index contributed by atoms with van der Waals surface area (Å²) in [6.45, 7) is 8.53. The molecule has 6 rings (SSSR count). The zero-order valence-electron chi connectivity index (χ0n) is 20.2. The van der Waals surface area contributed by atoms with Crippen molar-refractivity contribution in [3.8, 4) is 0 Å². The average molecular weight is 444 g/mol. The molecule has 0 aliphatic carbocycles. The highest BCUT2D eigenvalue weighted by Gasteiger charge is 2.38. The van der Waals surface area contributed by atoms with Crippen LogP contribution in [0.25, 0.3) is 21.5 Å². The van der Waals surface area contributed by atoms with Crippen molar-refractivity contribution in [3.05, 3.63) is 114 Å². The van der Waals surface area contributed by atoms with E-state index >= 15 is 0 Å². The predicted octanol–water partition coefficient (Wildman–Crippen LogP) is 8.94. The number of benzene rings is 5. The van der Waals surface area contributed by atoms with E-state index < -0.39 is 0 Å². The highest BCUT2D eigenvalue weighted by molar-refractivity contribution is 5.99. The fourth-order valence-corrected chi connectivity index (χ4v) is 5.28. The van der Waals surface area contributed by atoms with Gasteiger partial charge >= 0.3 is 0 Å². The summed E-state index contributed by atoms with van der Waals surface area (Å²) in [5, 5.41) is 4.92. The molecule has 2 nitrogen and oxygen atoms in total. The van der Waals surface area contributed by atoms with E-state index in [1.165, 1.54) is 38.4 Å². The van der Waals surface area contributed by atoms with Gasteiger partial charge in [0.25, 0.3) is 0 Å².